The van der Waals surface area contributed by atoms with Gasteiger partial charge in [0.15, 0.2) is 16.5 Å². The second-order valence-electron chi connectivity index (χ2n) is 8.37. The third-order valence-electron chi connectivity index (χ3n) is 6.57. The van der Waals surface area contributed by atoms with Gasteiger partial charge in [-0.2, -0.15) is 0 Å². The Morgan fingerprint density at radius 1 is 1.21 bits per heavy atom. The molecule has 0 atom stereocenters. The van der Waals surface area contributed by atoms with Crippen molar-refractivity contribution in [2.45, 2.75) is 31.3 Å². The van der Waals surface area contributed by atoms with E-state index in [1.165, 1.54) is 21.8 Å². The normalized spacial score (nSPS) is 16.6. The van der Waals surface area contributed by atoms with E-state index in [2.05, 4.69) is 10.2 Å². The molecule has 1 saturated carbocycles. The maximum absolute atomic E-state index is 14.0. The molecule has 3 aromatic rings. The molecule has 9 nitrogen and oxygen atoms in total. The van der Waals surface area contributed by atoms with Gasteiger partial charge in [-0.3, -0.25) is 19.3 Å². The Hall–Kier alpha value is -3.38. The topological polar surface area (TPSA) is 112 Å². The molecule has 1 aliphatic carbocycles. The van der Waals surface area contributed by atoms with Crippen LogP contribution in [0.25, 0.3) is 10.6 Å². The lowest BCUT2D eigenvalue weighted by Gasteiger charge is -2.58. The van der Waals surface area contributed by atoms with Gasteiger partial charge in [0.25, 0.3) is 5.91 Å². The minimum absolute atomic E-state index is 0.0503. The molecule has 3 heterocycles. The van der Waals surface area contributed by atoms with Crippen molar-refractivity contribution in [1.82, 2.24) is 19.8 Å². The number of rotatable bonds is 5. The summed E-state index contributed by atoms with van der Waals surface area (Å²) in [7, 11) is 1.76. The van der Waals surface area contributed by atoms with Crippen LogP contribution in [0, 0.1) is 11.6 Å². The molecule has 1 aromatic carbocycles. The molecule has 34 heavy (non-hydrogen) atoms. The van der Waals surface area contributed by atoms with Gasteiger partial charge in [0, 0.05) is 32.3 Å². The van der Waals surface area contributed by atoms with E-state index in [1.54, 1.807) is 12.1 Å². The van der Waals surface area contributed by atoms with E-state index in [0.29, 0.717) is 17.8 Å². The molecule has 1 aliphatic heterocycles. The lowest BCUT2D eigenvalue weighted by molar-refractivity contribution is -0.0142. The molecule has 0 saturated heterocycles. The van der Waals surface area contributed by atoms with Crippen LogP contribution in [0.5, 0.6) is 5.75 Å². The maximum atomic E-state index is 14.0. The minimum atomic E-state index is -0.780. The molecule has 2 aromatic heterocycles. The zero-order valence-corrected chi connectivity index (χ0v) is 19.0. The highest BCUT2D eigenvalue weighted by molar-refractivity contribution is 7.14. The third kappa shape index (κ3) is 3.28. The van der Waals surface area contributed by atoms with Crippen LogP contribution in [0.1, 0.15) is 40.3 Å². The molecule has 1 spiro atoms. The summed E-state index contributed by atoms with van der Waals surface area (Å²) in [4.78, 5) is 27.7. The minimum Gasteiger partial charge on any atom is -0.502 e. The van der Waals surface area contributed by atoms with Gasteiger partial charge >= 0.3 is 0 Å². The Balaban J connectivity index is 1.55. The molecule has 0 radical (unpaired) electrons. The van der Waals surface area contributed by atoms with Gasteiger partial charge in [-0.1, -0.05) is 17.4 Å². The molecule has 178 valence electrons. The first-order valence-corrected chi connectivity index (χ1v) is 11.5. The first-order valence-electron chi connectivity index (χ1n) is 10.7. The van der Waals surface area contributed by atoms with E-state index >= 15 is 0 Å². The van der Waals surface area contributed by atoms with Crippen LogP contribution >= 0.6 is 11.3 Å². The first-order chi connectivity index (χ1) is 16.3. The number of fused-ring (bicyclic) bond motifs is 1. The number of carbonyl (C=O) groups is 1. The molecule has 0 bridgehead atoms. The first kappa shape index (κ1) is 22.4. The summed E-state index contributed by atoms with van der Waals surface area (Å²) in [5.41, 5.74) is -1.33. The van der Waals surface area contributed by atoms with Crippen LogP contribution < -0.4 is 10.4 Å². The van der Waals surface area contributed by atoms with Crippen molar-refractivity contribution in [3.8, 4) is 16.3 Å². The number of aliphatic hydroxyl groups excluding tert-OH is 1. The molecule has 1 fully saturated rings. The Labute approximate surface area is 196 Å². The Morgan fingerprint density at radius 2 is 1.97 bits per heavy atom. The van der Waals surface area contributed by atoms with Crippen LogP contribution in [0.2, 0.25) is 0 Å². The van der Waals surface area contributed by atoms with Gasteiger partial charge in [-0.05, 0) is 30.9 Å². The van der Waals surface area contributed by atoms with Crippen LogP contribution in [-0.4, -0.2) is 61.8 Å². The predicted octanol–water partition coefficient (Wildman–Crippen LogP) is 1.84. The van der Waals surface area contributed by atoms with E-state index in [9.17, 15) is 28.6 Å². The third-order valence-corrected chi connectivity index (χ3v) is 7.53. The van der Waals surface area contributed by atoms with E-state index in [0.717, 1.165) is 29.9 Å². The number of pyridine rings is 1. The van der Waals surface area contributed by atoms with Crippen molar-refractivity contribution in [1.29, 1.82) is 0 Å². The number of β-amino-alcohol motifs (C(OH)–C–C–N with tert-alkyl or cyclic N) is 1. The SMILES string of the molecule is CN1n2cc(-c3nnc(Cc4ccc(F)cc4F)s3)c(=O)c(O)c2C(=O)N(CCO)C12CCC2. The number of aromatic hydroxyl groups is 1. The van der Waals surface area contributed by atoms with Gasteiger partial charge in [0.05, 0.1) is 12.2 Å². The van der Waals surface area contributed by atoms with Crippen molar-refractivity contribution < 1.29 is 23.8 Å². The largest absolute Gasteiger partial charge is 0.502 e. The molecule has 0 unspecified atom stereocenters. The quantitative estimate of drug-likeness (QED) is 0.563. The van der Waals surface area contributed by atoms with E-state index in [4.69, 9.17) is 0 Å². The van der Waals surface area contributed by atoms with Crippen LogP contribution in [0.15, 0.2) is 29.2 Å². The highest BCUT2D eigenvalue weighted by Crippen LogP contribution is 2.43. The number of hydrogen-bond donors (Lipinski definition) is 2. The summed E-state index contributed by atoms with van der Waals surface area (Å²) in [5.74, 6) is -2.63. The summed E-state index contributed by atoms with van der Waals surface area (Å²) in [5, 5.41) is 30.7. The van der Waals surface area contributed by atoms with Gasteiger partial charge in [0.1, 0.15) is 22.3 Å². The van der Waals surface area contributed by atoms with Gasteiger partial charge in [-0.15, -0.1) is 10.2 Å². The fraction of sp³-hybridized carbons (Fsp3) is 0.364. The lowest BCUT2D eigenvalue weighted by atomic mass is 9.81. The van der Waals surface area contributed by atoms with Gasteiger partial charge in [-0.25, -0.2) is 8.78 Å². The van der Waals surface area contributed by atoms with Crippen molar-refractivity contribution >= 4 is 17.2 Å². The number of hydrogen-bond acceptors (Lipinski definition) is 8. The fourth-order valence-electron chi connectivity index (χ4n) is 4.63. The zero-order valence-electron chi connectivity index (χ0n) is 18.2. The number of amides is 1. The number of nitrogens with zero attached hydrogens (tertiary/aromatic N) is 5. The summed E-state index contributed by atoms with van der Waals surface area (Å²) in [6.07, 6.45) is 3.77. The molecule has 2 N–H and O–H groups in total. The van der Waals surface area contributed by atoms with Gasteiger partial charge < -0.3 is 15.1 Å². The summed E-state index contributed by atoms with van der Waals surface area (Å²) < 4.78 is 28.7. The summed E-state index contributed by atoms with van der Waals surface area (Å²) >= 11 is 1.04. The van der Waals surface area contributed by atoms with Crippen LogP contribution in [0.3, 0.4) is 0 Å². The fourth-order valence-corrected chi connectivity index (χ4v) is 5.50. The molecular weight excluding hydrogens is 468 g/mol. The smallest absolute Gasteiger partial charge is 0.278 e. The molecule has 2 aliphatic rings. The monoisotopic (exact) mass is 489 g/mol. The van der Waals surface area contributed by atoms with Gasteiger partial charge in [0.2, 0.25) is 5.43 Å². The van der Waals surface area contributed by atoms with Crippen LogP contribution in [-0.2, 0) is 6.42 Å². The summed E-state index contributed by atoms with van der Waals surface area (Å²) in [6, 6.07) is 3.26. The average molecular weight is 490 g/mol. The van der Waals surface area contributed by atoms with Crippen molar-refractivity contribution in [3.05, 3.63) is 62.5 Å². The second kappa shape index (κ2) is 8.13. The lowest BCUT2D eigenvalue weighted by Crippen LogP contribution is -2.72. The van der Waals surface area contributed by atoms with Crippen molar-refractivity contribution in [3.63, 3.8) is 0 Å². The van der Waals surface area contributed by atoms with E-state index < -0.39 is 34.4 Å². The van der Waals surface area contributed by atoms with Crippen molar-refractivity contribution in [2.24, 2.45) is 0 Å². The summed E-state index contributed by atoms with van der Waals surface area (Å²) in [6.45, 7) is -0.162. The standard InChI is InChI=1S/C22H21F2N5O4S/c1-27-22(5-2-6-22)28(7-8-30)21(33)17-19(32)18(31)14(11-29(17)27)20-26-25-16(34-20)9-12-3-4-13(23)10-15(12)24/h3-4,10-11,30,32H,2,5-9H2,1H3. The molecule has 5 rings (SSSR count). The number of aliphatic hydroxyl groups is 1. The van der Waals surface area contributed by atoms with E-state index in [1.807, 2.05) is 0 Å². The molecular formula is C22H21F2N5O4S. The molecule has 1 amide bonds. The Kier molecular flexibility index (Phi) is 5.36. The Bertz CT molecular complexity index is 1350. The second-order valence-corrected chi connectivity index (χ2v) is 9.43. The van der Waals surface area contributed by atoms with Crippen molar-refractivity contribution in [2.75, 3.05) is 25.2 Å². The average Bonchev–Trinajstić information content (AvgIpc) is 3.23. The number of aromatic nitrogens is 3. The number of carbonyl (C=O) groups excluding carboxylic acids is 1. The number of halogens is 2. The highest BCUT2D eigenvalue weighted by Gasteiger charge is 2.53. The predicted molar refractivity (Wildman–Crippen MR) is 119 cm³/mol. The van der Waals surface area contributed by atoms with E-state index in [-0.39, 0.29) is 41.4 Å². The highest BCUT2D eigenvalue weighted by atomic mass is 32.1. The number of benzene rings is 1. The van der Waals surface area contributed by atoms with Crippen LogP contribution in [0.4, 0.5) is 8.78 Å². The molecule has 12 heteroatoms. The Morgan fingerprint density at radius 3 is 2.62 bits per heavy atom. The maximum Gasteiger partial charge on any atom is 0.278 e. The zero-order chi connectivity index (χ0) is 24.2.